The lowest BCUT2D eigenvalue weighted by Gasteiger charge is -2.38. The van der Waals surface area contributed by atoms with E-state index in [2.05, 4.69) is 5.32 Å². The summed E-state index contributed by atoms with van der Waals surface area (Å²) in [5, 5.41) is 14.7. The molecule has 1 aliphatic heterocycles. The number of halogens is 3. The molecule has 0 spiro atoms. The first-order valence-corrected chi connectivity index (χ1v) is 11.5. The summed E-state index contributed by atoms with van der Waals surface area (Å²) < 4.78 is 52.1. The highest BCUT2D eigenvalue weighted by atomic mass is 19.2. The maximum atomic E-state index is 14.4. The molecule has 5 nitrogen and oxygen atoms in total. The summed E-state index contributed by atoms with van der Waals surface area (Å²) in [5.74, 6) is -2.31. The number of fused-ring (bicyclic) bond motifs is 1. The number of hydrogen-bond donors (Lipinski definition) is 2. The van der Waals surface area contributed by atoms with Gasteiger partial charge < -0.3 is 19.9 Å². The number of hydrogen-bond acceptors (Lipinski definition) is 5. The van der Waals surface area contributed by atoms with Crippen molar-refractivity contribution in [2.75, 3.05) is 19.0 Å². The quantitative estimate of drug-likeness (QED) is 0.379. The molecule has 4 rings (SSSR count). The van der Waals surface area contributed by atoms with E-state index >= 15 is 0 Å². The topological polar surface area (TPSA) is 67.8 Å². The molecule has 2 unspecified atom stereocenters. The molecule has 0 amide bonds. The molecule has 0 aromatic heterocycles. The van der Waals surface area contributed by atoms with Crippen molar-refractivity contribution in [2.24, 2.45) is 0 Å². The van der Waals surface area contributed by atoms with Gasteiger partial charge in [-0.15, -0.1) is 0 Å². The van der Waals surface area contributed by atoms with Crippen molar-refractivity contribution < 1.29 is 32.5 Å². The molecule has 8 heteroatoms. The van der Waals surface area contributed by atoms with Crippen molar-refractivity contribution in [1.82, 2.24) is 0 Å². The van der Waals surface area contributed by atoms with E-state index in [0.717, 1.165) is 23.4 Å². The highest BCUT2D eigenvalue weighted by molar-refractivity contribution is 5.93. The van der Waals surface area contributed by atoms with Gasteiger partial charge in [0.15, 0.2) is 11.6 Å². The van der Waals surface area contributed by atoms with Crippen LogP contribution in [-0.2, 0) is 23.2 Å². The maximum Gasteiger partial charge on any atom is 0.338 e. The number of aliphatic hydroxyl groups is 1. The van der Waals surface area contributed by atoms with Crippen LogP contribution in [0.2, 0.25) is 0 Å². The van der Waals surface area contributed by atoms with Crippen LogP contribution in [0.15, 0.2) is 54.6 Å². The van der Waals surface area contributed by atoms with Gasteiger partial charge in [-0.3, -0.25) is 0 Å². The zero-order valence-electron chi connectivity index (χ0n) is 20.3. The van der Waals surface area contributed by atoms with Crippen molar-refractivity contribution in [3.63, 3.8) is 0 Å². The van der Waals surface area contributed by atoms with Crippen LogP contribution in [0.1, 0.15) is 47.3 Å². The molecule has 1 heterocycles. The van der Waals surface area contributed by atoms with E-state index in [1.807, 2.05) is 13.0 Å². The van der Waals surface area contributed by atoms with Gasteiger partial charge in [-0.25, -0.2) is 18.0 Å². The van der Waals surface area contributed by atoms with Crippen LogP contribution in [0.25, 0.3) is 0 Å². The molecule has 3 aromatic rings. The number of ether oxygens (including phenoxy) is 2. The second kappa shape index (κ2) is 9.85. The Morgan fingerprint density at radius 2 is 1.81 bits per heavy atom. The van der Waals surface area contributed by atoms with E-state index in [9.17, 15) is 23.1 Å². The molecule has 3 aromatic carbocycles. The van der Waals surface area contributed by atoms with E-state index < -0.39 is 28.5 Å². The van der Waals surface area contributed by atoms with Gasteiger partial charge in [-0.1, -0.05) is 13.0 Å². The monoisotopic (exact) mass is 499 g/mol. The zero-order chi connectivity index (χ0) is 26.1. The summed E-state index contributed by atoms with van der Waals surface area (Å²) in [6.45, 7) is 3.95. The lowest BCUT2D eigenvalue weighted by molar-refractivity contribution is 0.0301. The first-order chi connectivity index (χ1) is 17.0. The van der Waals surface area contributed by atoms with Gasteiger partial charge in [0.2, 0.25) is 0 Å². The summed E-state index contributed by atoms with van der Waals surface area (Å²) >= 11 is 0. The van der Waals surface area contributed by atoms with Crippen LogP contribution in [0.5, 0.6) is 5.75 Å². The molecule has 2 atom stereocenters. The van der Waals surface area contributed by atoms with E-state index in [0.29, 0.717) is 22.4 Å². The minimum atomic E-state index is -1.36. The number of anilines is 1. The van der Waals surface area contributed by atoms with Crippen molar-refractivity contribution in [1.29, 1.82) is 0 Å². The summed E-state index contributed by atoms with van der Waals surface area (Å²) in [4.78, 5) is 11.8. The molecule has 0 radical (unpaired) electrons. The van der Waals surface area contributed by atoms with Gasteiger partial charge >= 0.3 is 5.97 Å². The molecule has 2 N–H and O–H groups in total. The average Bonchev–Trinajstić information content (AvgIpc) is 3.19. The Labute approximate surface area is 207 Å². The number of benzene rings is 3. The minimum absolute atomic E-state index is 0.0513. The number of nitrogens with one attached hydrogen (secondary N) is 1. The van der Waals surface area contributed by atoms with Gasteiger partial charge in [0, 0.05) is 35.2 Å². The highest BCUT2D eigenvalue weighted by Crippen LogP contribution is 2.40. The van der Waals surface area contributed by atoms with E-state index in [-0.39, 0.29) is 32.0 Å². The lowest BCUT2D eigenvalue weighted by atomic mass is 9.72. The van der Waals surface area contributed by atoms with E-state index in [1.54, 1.807) is 19.1 Å². The average molecular weight is 500 g/mol. The third-order valence-electron chi connectivity index (χ3n) is 6.52. The Hall–Kier alpha value is -3.52. The first kappa shape index (κ1) is 25.6. The smallest absolute Gasteiger partial charge is 0.338 e. The van der Waals surface area contributed by atoms with Gasteiger partial charge in [-0.05, 0) is 67.4 Å². The van der Waals surface area contributed by atoms with Crippen LogP contribution < -0.4 is 10.1 Å². The normalized spacial score (nSPS) is 16.0. The first-order valence-electron chi connectivity index (χ1n) is 11.5. The number of carbonyl (C=O) groups is 1. The Kier molecular flexibility index (Phi) is 7.00. The van der Waals surface area contributed by atoms with Crippen LogP contribution >= 0.6 is 0 Å². The van der Waals surface area contributed by atoms with Crippen molar-refractivity contribution >= 4 is 11.7 Å². The number of rotatable bonds is 9. The SMILES string of the molecule is COc1ccc(F)cc1C(C)(CNc1ccc2c(c1)COC2=O)CC(C)(O)Cc1ccc(F)c(F)c1. The predicted octanol–water partition coefficient (Wildman–Crippen LogP) is 5.54. The second-order valence-corrected chi connectivity index (χ2v) is 9.81. The molecular formula is C28H28F3NO4. The zero-order valence-corrected chi connectivity index (χ0v) is 20.3. The minimum Gasteiger partial charge on any atom is -0.496 e. The summed E-state index contributed by atoms with van der Waals surface area (Å²) in [5.41, 5.74) is 0.766. The fourth-order valence-corrected chi connectivity index (χ4v) is 4.94. The maximum absolute atomic E-state index is 14.4. The molecule has 0 fully saturated rings. The predicted molar refractivity (Wildman–Crippen MR) is 130 cm³/mol. The molecule has 0 aliphatic carbocycles. The summed E-state index contributed by atoms with van der Waals surface area (Å²) in [6.07, 6.45) is 0.189. The van der Waals surface area contributed by atoms with E-state index in [1.165, 1.54) is 31.4 Å². The number of cyclic esters (lactones) is 1. The van der Waals surface area contributed by atoms with Crippen LogP contribution in [0.4, 0.5) is 18.9 Å². The molecule has 1 aliphatic rings. The van der Waals surface area contributed by atoms with Crippen LogP contribution in [0, 0.1) is 17.5 Å². The molecule has 0 saturated heterocycles. The Morgan fingerprint density at radius 3 is 2.53 bits per heavy atom. The fourth-order valence-electron chi connectivity index (χ4n) is 4.94. The van der Waals surface area contributed by atoms with Crippen molar-refractivity contribution in [2.45, 2.75) is 44.3 Å². The summed E-state index contributed by atoms with van der Waals surface area (Å²) in [7, 11) is 1.49. The third-order valence-corrected chi connectivity index (χ3v) is 6.52. The summed E-state index contributed by atoms with van der Waals surface area (Å²) in [6, 6.07) is 13.0. The number of esters is 1. The Balaban J connectivity index is 1.64. The highest BCUT2D eigenvalue weighted by Gasteiger charge is 2.38. The molecule has 36 heavy (non-hydrogen) atoms. The van der Waals surface area contributed by atoms with Gasteiger partial charge in [0.25, 0.3) is 0 Å². The Morgan fingerprint density at radius 1 is 1.03 bits per heavy atom. The van der Waals surface area contributed by atoms with Crippen molar-refractivity contribution in [3.8, 4) is 5.75 Å². The Bertz CT molecular complexity index is 1290. The van der Waals surface area contributed by atoms with E-state index in [4.69, 9.17) is 9.47 Å². The van der Waals surface area contributed by atoms with Crippen molar-refractivity contribution in [3.05, 3.63) is 94.3 Å². The van der Waals surface area contributed by atoms with Gasteiger partial charge in [0.1, 0.15) is 18.2 Å². The van der Waals surface area contributed by atoms with Crippen LogP contribution in [0.3, 0.4) is 0 Å². The lowest BCUT2D eigenvalue weighted by Crippen LogP contribution is -2.42. The molecule has 190 valence electrons. The molecular weight excluding hydrogens is 471 g/mol. The van der Waals surface area contributed by atoms with Gasteiger partial charge in [-0.2, -0.15) is 0 Å². The largest absolute Gasteiger partial charge is 0.496 e. The molecule has 0 bridgehead atoms. The number of methoxy groups -OCH3 is 1. The van der Waals surface area contributed by atoms with Crippen LogP contribution in [-0.4, -0.2) is 30.3 Å². The molecule has 0 saturated carbocycles. The number of carbonyl (C=O) groups excluding carboxylic acids is 1. The third kappa shape index (κ3) is 5.49. The fraction of sp³-hybridized carbons (Fsp3) is 0.321. The second-order valence-electron chi connectivity index (χ2n) is 9.81. The van der Waals surface area contributed by atoms with Gasteiger partial charge in [0.05, 0.1) is 18.3 Å². The standard InChI is InChI=1S/C28H28F3NO4/c1-27(22-12-19(29)5-9-25(22)35-3,15-28(2,34)13-17-4-8-23(30)24(31)10-17)16-32-20-6-7-21-18(11-20)14-36-26(21)33/h4-12,32,34H,13-16H2,1-3H3.